The van der Waals surface area contributed by atoms with Crippen LogP contribution in [0.3, 0.4) is 0 Å². The molecule has 6 heteroatoms. The van der Waals surface area contributed by atoms with E-state index in [9.17, 15) is 9.59 Å². The van der Waals surface area contributed by atoms with E-state index in [2.05, 4.69) is 5.32 Å². The van der Waals surface area contributed by atoms with Gasteiger partial charge < -0.3 is 10.4 Å². The molecule has 0 spiro atoms. The fourth-order valence-electron chi connectivity index (χ4n) is 2.19. The molecule has 0 aromatic heterocycles. The number of amides is 1. The van der Waals surface area contributed by atoms with Crippen molar-refractivity contribution in [1.82, 2.24) is 5.32 Å². The third kappa shape index (κ3) is 5.21. The molecule has 0 heterocycles. The summed E-state index contributed by atoms with van der Waals surface area (Å²) in [6.07, 6.45) is 1.10. The summed E-state index contributed by atoms with van der Waals surface area (Å²) in [7, 11) is 0. The van der Waals surface area contributed by atoms with Gasteiger partial charge in [-0.1, -0.05) is 43.1 Å². The van der Waals surface area contributed by atoms with Crippen LogP contribution in [0, 0.1) is 0 Å². The molecular formula is C15H19Cl2NO3. The van der Waals surface area contributed by atoms with Gasteiger partial charge in [0, 0.05) is 15.6 Å². The maximum atomic E-state index is 12.2. The first-order valence-electron chi connectivity index (χ1n) is 6.78. The van der Waals surface area contributed by atoms with Gasteiger partial charge in [-0.25, -0.2) is 0 Å². The number of halogens is 2. The SMILES string of the molecule is CCC(CC)(CC(=O)O)NC(=O)Cc1ccc(Cl)cc1Cl. The second-order valence-corrected chi connectivity index (χ2v) is 5.86. The van der Waals surface area contributed by atoms with Crippen LogP contribution in [0.5, 0.6) is 0 Å². The van der Waals surface area contributed by atoms with Crippen LogP contribution >= 0.6 is 23.2 Å². The molecule has 2 N–H and O–H groups in total. The van der Waals surface area contributed by atoms with Crippen LogP contribution in [0.2, 0.25) is 10.0 Å². The normalized spacial score (nSPS) is 11.2. The van der Waals surface area contributed by atoms with E-state index in [1.807, 2.05) is 13.8 Å². The second-order valence-electron chi connectivity index (χ2n) is 5.02. The molecule has 0 saturated carbocycles. The molecule has 1 aromatic carbocycles. The summed E-state index contributed by atoms with van der Waals surface area (Å²) >= 11 is 11.9. The Morgan fingerprint density at radius 3 is 2.33 bits per heavy atom. The fourth-order valence-corrected chi connectivity index (χ4v) is 2.66. The molecule has 1 aromatic rings. The van der Waals surface area contributed by atoms with E-state index in [1.165, 1.54) is 0 Å². The van der Waals surface area contributed by atoms with E-state index in [0.29, 0.717) is 28.5 Å². The highest BCUT2D eigenvalue weighted by molar-refractivity contribution is 6.35. The predicted octanol–water partition coefficient (Wildman–Crippen LogP) is 3.69. The van der Waals surface area contributed by atoms with Gasteiger partial charge in [-0.05, 0) is 30.5 Å². The van der Waals surface area contributed by atoms with Crippen LogP contribution in [-0.4, -0.2) is 22.5 Å². The van der Waals surface area contributed by atoms with Crippen molar-refractivity contribution in [3.05, 3.63) is 33.8 Å². The quantitative estimate of drug-likeness (QED) is 0.800. The van der Waals surface area contributed by atoms with Crippen LogP contribution < -0.4 is 5.32 Å². The fraction of sp³-hybridized carbons (Fsp3) is 0.467. The van der Waals surface area contributed by atoms with Gasteiger partial charge in [0.05, 0.1) is 12.8 Å². The molecule has 0 unspecified atom stereocenters. The minimum atomic E-state index is -0.927. The van der Waals surface area contributed by atoms with E-state index < -0.39 is 11.5 Å². The van der Waals surface area contributed by atoms with Crippen LogP contribution in [0.4, 0.5) is 0 Å². The molecule has 21 heavy (non-hydrogen) atoms. The number of carboxylic acids is 1. The van der Waals surface area contributed by atoms with Crippen molar-refractivity contribution in [2.24, 2.45) is 0 Å². The number of carbonyl (C=O) groups excluding carboxylic acids is 1. The summed E-state index contributed by atoms with van der Waals surface area (Å²) in [5, 5.41) is 12.8. The molecular weight excluding hydrogens is 313 g/mol. The Morgan fingerprint density at radius 1 is 1.24 bits per heavy atom. The first kappa shape index (κ1) is 17.8. The summed E-state index contributed by atoms with van der Waals surface area (Å²) in [5.74, 6) is -1.17. The zero-order valence-corrected chi connectivity index (χ0v) is 13.6. The Morgan fingerprint density at radius 2 is 1.86 bits per heavy atom. The minimum Gasteiger partial charge on any atom is -0.481 e. The average Bonchev–Trinajstić information content (AvgIpc) is 2.40. The highest BCUT2D eigenvalue weighted by Crippen LogP contribution is 2.23. The van der Waals surface area contributed by atoms with Gasteiger partial charge in [0.15, 0.2) is 0 Å². The number of rotatable bonds is 7. The molecule has 0 atom stereocenters. The van der Waals surface area contributed by atoms with E-state index in [4.69, 9.17) is 28.3 Å². The zero-order chi connectivity index (χ0) is 16.0. The predicted molar refractivity (Wildman–Crippen MR) is 83.9 cm³/mol. The van der Waals surface area contributed by atoms with Crippen LogP contribution in [0.1, 0.15) is 38.7 Å². The van der Waals surface area contributed by atoms with Gasteiger partial charge in [-0.3, -0.25) is 9.59 Å². The lowest BCUT2D eigenvalue weighted by atomic mass is 9.88. The lowest BCUT2D eigenvalue weighted by Gasteiger charge is -2.31. The van der Waals surface area contributed by atoms with Gasteiger partial charge in [0.25, 0.3) is 0 Å². The number of hydrogen-bond donors (Lipinski definition) is 2. The minimum absolute atomic E-state index is 0.0946. The van der Waals surface area contributed by atoms with Gasteiger partial charge in [0.1, 0.15) is 0 Å². The lowest BCUT2D eigenvalue weighted by Crippen LogP contribution is -2.49. The topological polar surface area (TPSA) is 66.4 Å². The number of carboxylic acid groups (broad SMARTS) is 1. The third-order valence-electron chi connectivity index (χ3n) is 3.61. The zero-order valence-electron chi connectivity index (χ0n) is 12.1. The lowest BCUT2D eigenvalue weighted by molar-refractivity contribution is -0.139. The van der Waals surface area contributed by atoms with Crippen LogP contribution in [-0.2, 0) is 16.0 Å². The first-order valence-corrected chi connectivity index (χ1v) is 7.54. The van der Waals surface area contributed by atoms with Gasteiger partial charge >= 0.3 is 5.97 Å². The Bertz CT molecular complexity index is 528. The summed E-state index contributed by atoms with van der Waals surface area (Å²) in [5.41, 5.74) is -0.0584. The second kappa shape index (κ2) is 7.66. The molecule has 0 bridgehead atoms. The summed E-state index contributed by atoms with van der Waals surface area (Å²) in [4.78, 5) is 23.1. The number of hydrogen-bond acceptors (Lipinski definition) is 2. The maximum absolute atomic E-state index is 12.2. The monoisotopic (exact) mass is 331 g/mol. The van der Waals surface area contributed by atoms with E-state index in [0.717, 1.165) is 0 Å². The summed E-state index contributed by atoms with van der Waals surface area (Å²) in [6.45, 7) is 3.73. The largest absolute Gasteiger partial charge is 0.481 e. The molecule has 0 aliphatic heterocycles. The summed E-state index contributed by atoms with van der Waals surface area (Å²) in [6, 6.07) is 4.94. The molecule has 0 fully saturated rings. The standard InChI is InChI=1S/C15H19Cl2NO3/c1-3-15(4-2,9-14(20)21)18-13(19)7-10-5-6-11(16)8-12(10)17/h5-6,8H,3-4,7,9H2,1-2H3,(H,18,19)(H,20,21). The van der Waals surface area contributed by atoms with E-state index in [1.54, 1.807) is 18.2 Å². The van der Waals surface area contributed by atoms with Crippen LogP contribution in [0.15, 0.2) is 18.2 Å². The molecule has 1 amide bonds. The Kier molecular flexibility index (Phi) is 6.49. The van der Waals surface area contributed by atoms with Crippen molar-refractivity contribution in [2.45, 2.75) is 45.1 Å². The van der Waals surface area contributed by atoms with E-state index >= 15 is 0 Å². The van der Waals surface area contributed by atoms with Gasteiger partial charge in [-0.15, -0.1) is 0 Å². The number of benzene rings is 1. The van der Waals surface area contributed by atoms with Crippen molar-refractivity contribution in [1.29, 1.82) is 0 Å². The number of carbonyl (C=O) groups is 2. The van der Waals surface area contributed by atoms with Crippen molar-refractivity contribution in [2.75, 3.05) is 0 Å². The van der Waals surface area contributed by atoms with Crippen molar-refractivity contribution in [3.63, 3.8) is 0 Å². The van der Waals surface area contributed by atoms with Gasteiger partial charge in [0.2, 0.25) is 5.91 Å². The van der Waals surface area contributed by atoms with Gasteiger partial charge in [-0.2, -0.15) is 0 Å². The molecule has 4 nitrogen and oxygen atoms in total. The molecule has 116 valence electrons. The highest BCUT2D eigenvalue weighted by atomic mass is 35.5. The average molecular weight is 332 g/mol. The van der Waals surface area contributed by atoms with Crippen molar-refractivity contribution in [3.8, 4) is 0 Å². The highest BCUT2D eigenvalue weighted by Gasteiger charge is 2.30. The number of aliphatic carboxylic acids is 1. The molecule has 0 aliphatic rings. The van der Waals surface area contributed by atoms with Crippen molar-refractivity contribution >= 4 is 35.1 Å². The Balaban J connectivity index is 2.80. The third-order valence-corrected chi connectivity index (χ3v) is 4.20. The Hall–Kier alpha value is -1.26. The molecule has 1 rings (SSSR count). The smallest absolute Gasteiger partial charge is 0.305 e. The summed E-state index contributed by atoms with van der Waals surface area (Å²) < 4.78 is 0. The molecule has 0 aliphatic carbocycles. The van der Waals surface area contributed by atoms with Crippen LogP contribution in [0.25, 0.3) is 0 Å². The molecule has 0 saturated heterocycles. The first-order chi connectivity index (χ1) is 9.81. The molecule has 0 radical (unpaired) electrons. The van der Waals surface area contributed by atoms with E-state index in [-0.39, 0.29) is 18.7 Å². The Labute approximate surface area is 134 Å². The maximum Gasteiger partial charge on any atom is 0.305 e. The van der Waals surface area contributed by atoms with Crippen molar-refractivity contribution < 1.29 is 14.7 Å². The number of nitrogens with one attached hydrogen (secondary N) is 1.